The molecule has 0 saturated carbocycles. The third kappa shape index (κ3) is 3.74. The third-order valence-electron chi connectivity index (χ3n) is 3.31. The number of amides is 1. The van der Waals surface area contributed by atoms with Crippen molar-refractivity contribution in [2.24, 2.45) is 5.92 Å². The van der Waals surface area contributed by atoms with E-state index >= 15 is 0 Å². The smallest absolute Gasteiger partial charge is 0.223 e. The molecule has 4 nitrogen and oxygen atoms in total. The number of nitrogens with one attached hydrogen (secondary N) is 1. The molecule has 1 aromatic rings. The van der Waals surface area contributed by atoms with Gasteiger partial charge in [-0.15, -0.1) is 0 Å². The van der Waals surface area contributed by atoms with Crippen LogP contribution in [-0.2, 0) is 4.79 Å². The van der Waals surface area contributed by atoms with Gasteiger partial charge in [0.25, 0.3) is 0 Å². The van der Waals surface area contributed by atoms with E-state index in [1.165, 1.54) is 5.56 Å². The molecule has 0 spiro atoms. The van der Waals surface area contributed by atoms with E-state index in [0.717, 1.165) is 12.2 Å². The summed E-state index contributed by atoms with van der Waals surface area (Å²) < 4.78 is 0. The minimum Gasteiger partial charge on any atom is -0.399 e. The normalized spacial score (nSPS) is 14.3. The first-order valence-electron chi connectivity index (χ1n) is 6.23. The summed E-state index contributed by atoms with van der Waals surface area (Å²) in [6.07, 6.45) is 0. The van der Waals surface area contributed by atoms with Crippen molar-refractivity contribution >= 4 is 11.6 Å². The molecule has 0 aliphatic rings. The van der Waals surface area contributed by atoms with Crippen LogP contribution in [0.3, 0.4) is 0 Å². The Morgan fingerprint density at radius 1 is 1.44 bits per heavy atom. The van der Waals surface area contributed by atoms with Gasteiger partial charge in [-0.1, -0.05) is 19.1 Å². The van der Waals surface area contributed by atoms with Crippen LogP contribution in [0.5, 0.6) is 0 Å². The lowest BCUT2D eigenvalue weighted by atomic mass is 10.0. The van der Waals surface area contributed by atoms with E-state index in [4.69, 9.17) is 5.73 Å². The average Bonchev–Trinajstić information content (AvgIpc) is 2.36. The molecule has 1 amide bonds. The molecule has 0 saturated heterocycles. The highest BCUT2D eigenvalue weighted by Gasteiger charge is 2.18. The summed E-state index contributed by atoms with van der Waals surface area (Å²) in [5.74, 6) is 0.0464. The molecule has 0 aliphatic heterocycles. The van der Waals surface area contributed by atoms with E-state index in [1.807, 2.05) is 32.2 Å². The molecule has 2 unspecified atom stereocenters. The lowest BCUT2D eigenvalue weighted by molar-refractivity contribution is -0.124. The van der Waals surface area contributed by atoms with Gasteiger partial charge in [0.05, 0.1) is 0 Å². The van der Waals surface area contributed by atoms with Crippen LogP contribution in [0, 0.1) is 5.92 Å². The largest absolute Gasteiger partial charge is 0.399 e. The number of nitrogens with zero attached hydrogens (tertiary/aromatic N) is 1. The summed E-state index contributed by atoms with van der Waals surface area (Å²) in [5.41, 5.74) is 7.72. The molecule has 0 heterocycles. The first-order chi connectivity index (χ1) is 8.45. The van der Waals surface area contributed by atoms with Crippen molar-refractivity contribution in [2.45, 2.75) is 19.9 Å². The molecule has 0 fully saturated rings. The Balaban J connectivity index is 2.66. The maximum Gasteiger partial charge on any atom is 0.223 e. The van der Waals surface area contributed by atoms with Crippen LogP contribution in [-0.4, -0.2) is 31.4 Å². The van der Waals surface area contributed by atoms with Crippen molar-refractivity contribution in [3.8, 4) is 0 Å². The molecule has 0 radical (unpaired) electrons. The van der Waals surface area contributed by atoms with Gasteiger partial charge in [0, 0.05) is 31.2 Å². The monoisotopic (exact) mass is 249 g/mol. The van der Waals surface area contributed by atoms with Gasteiger partial charge < -0.3 is 11.1 Å². The second kappa shape index (κ2) is 6.40. The topological polar surface area (TPSA) is 58.4 Å². The number of rotatable bonds is 5. The van der Waals surface area contributed by atoms with E-state index in [1.54, 1.807) is 7.05 Å². The number of anilines is 1. The minimum atomic E-state index is -0.0245. The summed E-state index contributed by atoms with van der Waals surface area (Å²) in [6, 6.07) is 8.11. The van der Waals surface area contributed by atoms with E-state index in [2.05, 4.69) is 23.2 Å². The molecule has 18 heavy (non-hydrogen) atoms. The van der Waals surface area contributed by atoms with E-state index in [0.29, 0.717) is 0 Å². The van der Waals surface area contributed by atoms with Gasteiger partial charge in [-0.3, -0.25) is 9.69 Å². The molecule has 2 atom stereocenters. The van der Waals surface area contributed by atoms with E-state index < -0.39 is 0 Å². The molecule has 1 aromatic carbocycles. The molecule has 4 heteroatoms. The van der Waals surface area contributed by atoms with Crippen LogP contribution in [0.2, 0.25) is 0 Å². The van der Waals surface area contributed by atoms with Gasteiger partial charge in [-0.05, 0) is 31.7 Å². The van der Waals surface area contributed by atoms with Gasteiger partial charge in [-0.25, -0.2) is 0 Å². The predicted molar refractivity (Wildman–Crippen MR) is 75.1 cm³/mol. The van der Waals surface area contributed by atoms with Gasteiger partial charge in [-0.2, -0.15) is 0 Å². The highest BCUT2D eigenvalue weighted by atomic mass is 16.1. The van der Waals surface area contributed by atoms with Gasteiger partial charge in [0.15, 0.2) is 0 Å². The second-order valence-corrected chi connectivity index (χ2v) is 4.80. The number of carbonyl (C=O) groups excluding carboxylic acids is 1. The first kappa shape index (κ1) is 14.5. The van der Waals surface area contributed by atoms with Crippen LogP contribution in [0.25, 0.3) is 0 Å². The Hall–Kier alpha value is -1.55. The molecular formula is C14H23N3O. The number of hydrogen-bond donors (Lipinski definition) is 2. The van der Waals surface area contributed by atoms with Crippen LogP contribution in [0.15, 0.2) is 24.3 Å². The molecule has 0 aliphatic carbocycles. The van der Waals surface area contributed by atoms with Crippen molar-refractivity contribution in [3.05, 3.63) is 29.8 Å². The maximum absolute atomic E-state index is 11.5. The number of benzene rings is 1. The number of carbonyl (C=O) groups is 1. The fourth-order valence-corrected chi connectivity index (χ4v) is 1.99. The lowest BCUT2D eigenvalue weighted by Crippen LogP contribution is -2.35. The maximum atomic E-state index is 11.5. The van der Waals surface area contributed by atoms with Gasteiger partial charge >= 0.3 is 0 Å². The molecule has 1 rings (SSSR count). The Labute approximate surface area is 109 Å². The van der Waals surface area contributed by atoms with E-state index in [9.17, 15) is 4.79 Å². The molecule has 0 aromatic heterocycles. The standard InChI is InChI=1S/C14H23N3O/c1-10(14(18)16-3)9-17(4)11(2)12-6-5-7-13(15)8-12/h5-8,10-11H,9,15H2,1-4H3,(H,16,18). The number of nitrogens with two attached hydrogens (primary N) is 1. The fraction of sp³-hybridized carbons (Fsp3) is 0.500. The van der Waals surface area contributed by atoms with Gasteiger partial charge in [0.2, 0.25) is 5.91 Å². The highest BCUT2D eigenvalue weighted by Crippen LogP contribution is 2.21. The van der Waals surface area contributed by atoms with Crippen LogP contribution >= 0.6 is 0 Å². The Bertz CT molecular complexity index is 406. The van der Waals surface area contributed by atoms with Crippen molar-refractivity contribution in [3.63, 3.8) is 0 Å². The lowest BCUT2D eigenvalue weighted by Gasteiger charge is -2.27. The minimum absolute atomic E-state index is 0.0245. The first-order valence-corrected chi connectivity index (χ1v) is 6.23. The number of hydrogen-bond acceptors (Lipinski definition) is 3. The zero-order valence-corrected chi connectivity index (χ0v) is 11.6. The Morgan fingerprint density at radius 3 is 2.67 bits per heavy atom. The summed E-state index contributed by atoms with van der Waals surface area (Å²) in [5, 5.41) is 2.67. The van der Waals surface area contributed by atoms with Crippen molar-refractivity contribution in [1.29, 1.82) is 0 Å². The highest BCUT2D eigenvalue weighted by molar-refractivity contribution is 5.78. The summed E-state index contributed by atoms with van der Waals surface area (Å²) in [4.78, 5) is 13.7. The zero-order valence-electron chi connectivity index (χ0n) is 11.6. The number of nitrogen functional groups attached to an aromatic ring is 1. The Morgan fingerprint density at radius 2 is 2.11 bits per heavy atom. The predicted octanol–water partition coefficient (Wildman–Crippen LogP) is 1.64. The molecule has 3 N–H and O–H groups in total. The molecular weight excluding hydrogens is 226 g/mol. The van der Waals surface area contributed by atoms with Crippen molar-refractivity contribution in [1.82, 2.24) is 10.2 Å². The van der Waals surface area contributed by atoms with Gasteiger partial charge in [0.1, 0.15) is 0 Å². The molecule has 0 bridgehead atoms. The summed E-state index contributed by atoms with van der Waals surface area (Å²) in [6.45, 7) is 4.77. The fourth-order valence-electron chi connectivity index (χ4n) is 1.99. The van der Waals surface area contributed by atoms with Crippen LogP contribution in [0.1, 0.15) is 25.5 Å². The molecule has 100 valence electrons. The zero-order chi connectivity index (χ0) is 13.7. The van der Waals surface area contributed by atoms with Crippen LogP contribution in [0.4, 0.5) is 5.69 Å². The Kier molecular flexibility index (Phi) is 5.16. The van der Waals surface area contributed by atoms with Crippen LogP contribution < -0.4 is 11.1 Å². The van der Waals surface area contributed by atoms with Crippen molar-refractivity contribution < 1.29 is 4.79 Å². The quantitative estimate of drug-likeness (QED) is 0.780. The SMILES string of the molecule is CNC(=O)C(C)CN(C)C(C)c1cccc(N)c1. The second-order valence-electron chi connectivity index (χ2n) is 4.80. The summed E-state index contributed by atoms with van der Waals surface area (Å²) in [7, 11) is 3.69. The van der Waals surface area contributed by atoms with Crippen molar-refractivity contribution in [2.75, 3.05) is 26.4 Å². The average molecular weight is 249 g/mol. The van der Waals surface area contributed by atoms with E-state index in [-0.39, 0.29) is 17.9 Å². The third-order valence-corrected chi connectivity index (χ3v) is 3.31. The summed E-state index contributed by atoms with van der Waals surface area (Å²) >= 11 is 0.